The van der Waals surface area contributed by atoms with Crippen molar-refractivity contribution in [2.24, 2.45) is 50.2 Å². The molecule has 8 atom stereocenters. The number of carbonyl (C=O) groups is 3. The monoisotopic (exact) mass is 468 g/mol. The van der Waals surface area contributed by atoms with Crippen LogP contribution < -0.4 is 0 Å². The van der Waals surface area contributed by atoms with Crippen molar-refractivity contribution in [3.05, 3.63) is 11.6 Å². The summed E-state index contributed by atoms with van der Waals surface area (Å²) < 4.78 is 0. The van der Waals surface area contributed by atoms with Crippen molar-refractivity contribution in [2.45, 2.75) is 106 Å². The number of carboxylic acid groups (broad SMARTS) is 1. The number of carbonyl (C=O) groups excluding carboxylic acids is 2. The van der Waals surface area contributed by atoms with Crippen molar-refractivity contribution in [1.82, 2.24) is 0 Å². The van der Waals surface area contributed by atoms with E-state index in [0.717, 1.165) is 44.9 Å². The molecule has 0 aromatic carbocycles. The van der Waals surface area contributed by atoms with E-state index in [-0.39, 0.29) is 50.6 Å². The first-order valence-corrected chi connectivity index (χ1v) is 13.6. The molecule has 4 heteroatoms. The Bertz CT molecular complexity index is 1010. The van der Waals surface area contributed by atoms with E-state index in [9.17, 15) is 19.5 Å². The van der Waals surface area contributed by atoms with Gasteiger partial charge in [-0.15, -0.1) is 0 Å². The van der Waals surface area contributed by atoms with Gasteiger partial charge in [0.1, 0.15) is 5.78 Å². The van der Waals surface area contributed by atoms with Crippen LogP contribution in [0.4, 0.5) is 0 Å². The van der Waals surface area contributed by atoms with Gasteiger partial charge in [-0.25, -0.2) is 0 Å². The first kappa shape index (κ1) is 24.3. The van der Waals surface area contributed by atoms with Gasteiger partial charge in [0.25, 0.3) is 0 Å². The standard InChI is InChI=1S/C30H44O4/c1-25(2)21-8-11-30(7)23(28(21,5)10-9-22(25)32)20(31)16-18-19-17-27(4,24(33)34)13-12-26(19,3)14-15-29(18,30)6/h16,19,21,23H,8-15,17H2,1-7H3,(H,33,34)/t19-,21+,23-,26-,27+,28-,29-,30-/m1/s1. The van der Waals surface area contributed by atoms with E-state index in [1.807, 2.05) is 13.0 Å². The highest BCUT2D eigenvalue weighted by Crippen LogP contribution is 2.74. The minimum Gasteiger partial charge on any atom is -0.481 e. The summed E-state index contributed by atoms with van der Waals surface area (Å²) >= 11 is 0. The Hall–Kier alpha value is -1.45. The summed E-state index contributed by atoms with van der Waals surface area (Å²) in [4.78, 5) is 39.3. The number of ketones is 2. The molecule has 0 radical (unpaired) electrons. The topological polar surface area (TPSA) is 71.4 Å². The Morgan fingerprint density at radius 3 is 2.21 bits per heavy atom. The third-order valence-electron chi connectivity index (χ3n) is 12.8. The molecule has 0 aliphatic heterocycles. The van der Waals surface area contributed by atoms with Gasteiger partial charge < -0.3 is 5.11 Å². The fourth-order valence-corrected chi connectivity index (χ4v) is 10.2. The van der Waals surface area contributed by atoms with Crippen LogP contribution in [0.1, 0.15) is 106 Å². The molecular weight excluding hydrogens is 424 g/mol. The van der Waals surface area contributed by atoms with Crippen molar-refractivity contribution in [1.29, 1.82) is 0 Å². The first-order valence-electron chi connectivity index (χ1n) is 13.6. The van der Waals surface area contributed by atoms with Gasteiger partial charge in [0.15, 0.2) is 5.78 Å². The minimum atomic E-state index is -0.721. The summed E-state index contributed by atoms with van der Waals surface area (Å²) in [6.45, 7) is 15.5. The predicted octanol–water partition coefficient (Wildman–Crippen LogP) is 6.62. The number of hydrogen-bond donors (Lipinski definition) is 1. The lowest BCUT2D eigenvalue weighted by Gasteiger charge is -2.69. The van der Waals surface area contributed by atoms with Crippen molar-refractivity contribution in [2.75, 3.05) is 0 Å². The molecule has 0 aromatic rings. The second-order valence-corrected chi connectivity index (χ2v) is 14.7. The summed E-state index contributed by atoms with van der Waals surface area (Å²) in [6, 6.07) is 0. The number of carboxylic acids is 1. The summed E-state index contributed by atoms with van der Waals surface area (Å²) in [5.41, 5.74) is -0.205. The largest absolute Gasteiger partial charge is 0.481 e. The number of hydrogen-bond acceptors (Lipinski definition) is 3. The van der Waals surface area contributed by atoms with Gasteiger partial charge in [0, 0.05) is 17.8 Å². The maximum Gasteiger partial charge on any atom is 0.309 e. The van der Waals surface area contributed by atoms with Crippen LogP contribution in [0.5, 0.6) is 0 Å². The fraction of sp³-hybridized carbons (Fsp3) is 0.833. The zero-order valence-corrected chi connectivity index (χ0v) is 22.3. The highest BCUT2D eigenvalue weighted by atomic mass is 16.4. The molecule has 5 rings (SSSR count). The van der Waals surface area contributed by atoms with Gasteiger partial charge in [0.2, 0.25) is 0 Å². The van der Waals surface area contributed by atoms with Gasteiger partial charge in [-0.3, -0.25) is 14.4 Å². The first-order chi connectivity index (χ1) is 15.6. The average molecular weight is 469 g/mol. The van der Waals surface area contributed by atoms with Crippen LogP contribution in [0.15, 0.2) is 11.6 Å². The number of rotatable bonds is 1. The van der Waals surface area contributed by atoms with Crippen LogP contribution >= 0.6 is 0 Å². The molecule has 0 saturated heterocycles. The van der Waals surface area contributed by atoms with E-state index >= 15 is 0 Å². The molecule has 0 amide bonds. The summed E-state index contributed by atoms with van der Waals surface area (Å²) in [6.07, 6.45) is 9.78. The average Bonchev–Trinajstić information content (AvgIpc) is 2.73. The molecule has 4 saturated carbocycles. The molecule has 4 fully saturated rings. The third-order valence-corrected chi connectivity index (χ3v) is 12.8. The molecule has 0 unspecified atom stereocenters. The van der Waals surface area contributed by atoms with E-state index in [4.69, 9.17) is 0 Å². The quantitative estimate of drug-likeness (QED) is 0.469. The summed E-state index contributed by atoms with van der Waals surface area (Å²) in [7, 11) is 0. The SMILES string of the molecule is CC1(C)C(=O)CC[C@@]2(C)[C@H]3C(=O)C=C4[C@H]5C[C@@](C)(C(=O)O)CC[C@]5(C)CC[C@@]4(C)[C@]3(C)CC[C@@H]12. The second-order valence-electron chi connectivity index (χ2n) is 14.7. The minimum absolute atomic E-state index is 0.0707. The lowest BCUT2D eigenvalue weighted by Crippen LogP contribution is -2.66. The van der Waals surface area contributed by atoms with Crippen molar-refractivity contribution < 1.29 is 19.5 Å². The van der Waals surface area contributed by atoms with E-state index in [1.165, 1.54) is 5.57 Å². The van der Waals surface area contributed by atoms with E-state index in [0.29, 0.717) is 18.6 Å². The predicted molar refractivity (Wildman–Crippen MR) is 132 cm³/mol. The van der Waals surface area contributed by atoms with Crippen LogP contribution in [-0.2, 0) is 14.4 Å². The molecule has 5 aliphatic rings. The molecule has 0 aromatic heterocycles. The fourth-order valence-electron chi connectivity index (χ4n) is 10.2. The summed E-state index contributed by atoms with van der Waals surface area (Å²) in [5.74, 6) is 0.222. The van der Waals surface area contributed by atoms with E-state index in [2.05, 4.69) is 41.5 Å². The van der Waals surface area contributed by atoms with Gasteiger partial charge >= 0.3 is 5.97 Å². The molecular formula is C30H44O4. The highest BCUT2D eigenvalue weighted by molar-refractivity contribution is 5.96. The van der Waals surface area contributed by atoms with Crippen LogP contribution in [0.25, 0.3) is 0 Å². The smallest absolute Gasteiger partial charge is 0.309 e. The Balaban J connectivity index is 1.63. The molecule has 1 N–H and O–H groups in total. The number of aliphatic carboxylic acids is 1. The van der Waals surface area contributed by atoms with Crippen LogP contribution in [0.3, 0.4) is 0 Å². The lowest BCUT2D eigenvalue weighted by atomic mass is 9.33. The Labute approximate surface area is 205 Å². The van der Waals surface area contributed by atoms with E-state index in [1.54, 1.807) is 0 Å². The van der Waals surface area contributed by atoms with Gasteiger partial charge in [-0.2, -0.15) is 0 Å². The maximum atomic E-state index is 14.2. The molecule has 188 valence electrons. The van der Waals surface area contributed by atoms with Crippen molar-refractivity contribution in [3.63, 3.8) is 0 Å². The zero-order valence-electron chi connectivity index (χ0n) is 22.3. The normalized spacial score (nSPS) is 52.0. The van der Waals surface area contributed by atoms with E-state index < -0.39 is 11.4 Å². The molecule has 0 bridgehead atoms. The van der Waals surface area contributed by atoms with Crippen molar-refractivity contribution in [3.8, 4) is 0 Å². The second kappa shape index (κ2) is 6.85. The number of allylic oxidation sites excluding steroid dienone is 2. The molecule has 0 spiro atoms. The van der Waals surface area contributed by atoms with Gasteiger partial charge in [0.05, 0.1) is 5.41 Å². The third kappa shape index (κ3) is 2.75. The van der Waals surface area contributed by atoms with Gasteiger partial charge in [-0.05, 0) is 97.9 Å². The zero-order chi connectivity index (χ0) is 25.1. The molecule has 5 aliphatic carbocycles. The molecule has 0 heterocycles. The Morgan fingerprint density at radius 2 is 1.56 bits per heavy atom. The lowest BCUT2D eigenvalue weighted by molar-refractivity contribution is -0.188. The number of Topliss-reactive ketones (excluding diaryl/α,β-unsaturated/α-hetero) is 1. The van der Waals surface area contributed by atoms with Gasteiger partial charge in [-0.1, -0.05) is 47.1 Å². The molecule has 4 nitrogen and oxygen atoms in total. The van der Waals surface area contributed by atoms with Crippen LogP contribution in [0, 0.1) is 50.2 Å². The van der Waals surface area contributed by atoms with Crippen LogP contribution in [0.2, 0.25) is 0 Å². The van der Waals surface area contributed by atoms with Crippen LogP contribution in [-0.4, -0.2) is 22.6 Å². The maximum absolute atomic E-state index is 14.2. The summed E-state index contributed by atoms with van der Waals surface area (Å²) in [5, 5.41) is 10.0. The highest BCUT2D eigenvalue weighted by Gasteiger charge is 2.70. The Kier molecular flexibility index (Phi) is 4.89. The Morgan fingerprint density at radius 1 is 0.912 bits per heavy atom. The number of fused-ring (bicyclic) bond motifs is 7. The molecule has 34 heavy (non-hydrogen) atoms. The van der Waals surface area contributed by atoms with Crippen molar-refractivity contribution >= 4 is 17.5 Å².